The molecule has 1 spiro atoms. The Morgan fingerprint density at radius 2 is 0.882 bits per heavy atom. The molecule has 11 aromatic rings. The predicted octanol–water partition coefficient (Wildman–Crippen LogP) is 17.3. The Labute approximate surface area is 400 Å². The maximum absolute atomic E-state index is 2.55. The number of rotatable bonds is 7. The van der Waals surface area contributed by atoms with Crippen LogP contribution in [0.3, 0.4) is 0 Å². The Hall–Kier alpha value is -7.98. The van der Waals surface area contributed by atoms with Gasteiger partial charge in [-0.25, -0.2) is 0 Å². The first-order chi connectivity index (χ1) is 33.3. The van der Waals surface area contributed by atoms with Gasteiger partial charge in [0.1, 0.15) is 0 Å². The van der Waals surface area contributed by atoms with Crippen LogP contribution in [0.4, 0.5) is 34.1 Å². The van der Waals surface area contributed by atoms with E-state index in [9.17, 15) is 0 Å². The molecule has 11 aromatic carbocycles. The molecule has 0 fully saturated rings. The zero-order chi connectivity index (χ0) is 45.7. The molecule has 0 saturated heterocycles. The SMILES string of the molecule is Cc1cccc(N(c2ccccc2)c2ccc3cc4c(cc3c2)C2(c3ccccc3-c3ccccc32)c2c-4c3ccccc3c3cc(N(c4ccccc4)c4cccc([Si](C)(C)C)c4)ccc23)c1. The smallest absolute Gasteiger partial charge is 0.0776 e. The summed E-state index contributed by atoms with van der Waals surface area (Å²) in [6.07, 6.45) is 0. The molecule has 324 valence electrons. The Balaban J connectivity index is 1.11. The molecule has 0 bridgehead atoms. The van der Waals surface area contributed by atoms with Gasteiger partial charge >= 0.3 is 0 Å². The minimum absolute atomic E-state index is 0.563. The normalized spacial score (nSPS) is 13.1. The van der Waals surface area contributed by atoms with Crippen molar-refractivity contribution in [3.8, 4) is 22.3 Å². The van der Waals surface area contributed by atoms with Crippen molar-refractivity contribution < 1.29 is 0 Å². The van der Waals surface area contributed by atoms with Crippen LogP contribution < -0.4 is 15.0 Å². The molecule has 2 aliphatic carbocycles. The summed E-state index contributed by atoms with van der Waals surface area (Å²) in [5, 5.41) is 8.99. The van der Waals surface area contributed by atoms with Crippen molar-refractivity contribution in [1.29, 1.82) is 0 Å². The molecular weight excluding hydrogens is 837 g/mol. The summed E-state index contributed by atoms with van der Waals surface area (Å²) in [6, 6.07) is 86.7. The Morgan fingerprint density at radius 1 is 0.338 bits per heavy atom. The summed E-state index contributed by atoms with van der Waals surface area (Å²) in [4.78, 5) is 4.85. The van der Waals surface area contributed by atoms with Crippen molar-refractivity contribution in [1.82, 2.24) is 0 Å². The second-order valence-electron chi connectivity index (χ2n) is 19.8. The molecule has 2 aliphatic rings. The molecule has 0 aromatic heterocycles. The van der Waals surface area contributed by atoms with Gasteiger partial charge in [0, 0.05) is 34.1 Å². The largest absolute Gasteiger partial charge is 0.310 e. The van der Waals surface area contributed by atoms with Gasteiger partial charge in [0.2, 0.25) is 0 Å². The third kappa shape index (κ3) is 6.02. The van der Waals surface area contributed by atoms with E-state index in [0.29, 0.717) is 0 Å². The monoisotopic (exact) mass is 886 g/mol. The van der Waals surface area contributed by atoms with Crippen LogP contribution in [-0.4, -0.2) is 8.07 Å². The minimum Gasteiger partial charge on any atom is -0.310 e. The van der Waals surface area contributed by atoms with Crippen molar-refractivity contribution in [3.05, 3.63) is 258 Å². The highest BCUT2D eigenvalue weighted by molar-refractivity contribution is 6.88. The lowest BCUT2D eigenvalue weighted by molar-refractivity contribution is 0.803. The lowest BCUT2D eigenvalue weighted by Gasteiger charge is -2.32. The van der Waals surface area contributed by atoms with Crippen molar-refractivity contribution in [2.75, 3.05) is 9.80 Å². The average molecular weight is 887 g/mol. The fraction of sp³-hybridized carbons (Fsp3) is 0.0769. The van der Waals surface area contributed by atoms with Crippen LogP contribution in [0.2, 0.25) is 19.6 Å². The van der Waals surface area contributed by atoms with E-state index in [4.69, 9.17) is 0 Å². The lowest BCUT2D eigenvalue weighted by Crippen LogP contribution is -2.37. The predicted molar refractivity (Wildman–Crippen MR) is 292 cm³/mol. The molecule has 3 heteroatoms. The molecule has 0 N–H and O–H groups in total. The van der Waals surface area contributed by atoms with E-state index in [1.807, 2.05) is 0 Å². The maximum atomic E-state index is 2.55. The van der Waals surface area contributed by atoms with Gasteiger partial charge in [-0.1, -0.05) is 170 Å². The highest BCUT2D eigenvalue weighted by Gasteiger charge is 2.53. The number of para-hydroxylation sites is 2. The maximum Gasteiger partial charge on any atom is 0.0776 e. The second kappa shape index (κ2) is 15.3. The second-order valence-corrected chi connectivity index (χ2v) is 24.9. The number of aryl methyl sites for hydroxylation is 1. The molecule has 0 unspecified atom stereocenters. The number of hydrogen-bond acceptors (Lipinski definition) is 2. The van der Waals surface area contributed by atoms with Crippen LogP contribution in [0.5, 0.6) is 0 Å². The van der Waals surface area contributed by atoms with Gasteiger partial charge in [0.15, 0.2) is 0 Å². The van der Waals surface area contributed by atoms with Crippen molar-refractivity contribution in [2.24, 2.45) is 0 Å². The van der Waals surface area contributed by atoms with Crippen LogP contribution in [0.25, 0.3) is 54.6 Å². The van der Waals surface area contributed by atoms with Gasteiger partial charge in [-0.05, 0) is 174 Å². The van der Waals surface area contributed by atoms with Crippen LogP contribution in [0.1, 0.15) is 27.8 Å². The van der Waals surface area contributed by atoms with Gasteiger partial charge < -0.3 is 9.80 Å². The van der Waals surface area contributed by atoms with Gasteiger partial charge in [-0.15, -0.1) is 0 Å². The number of hydrogen-bond donors (Lipinski definition) is 0. The molecule has 0 saturated carbocycles. The fourth-order valence-corrected chi connectivity index (χ4v) is 13.0. The van der Waals surface area contributed by atoms with E-state index in [0.717, 1.165) is 28.4 Å². The van der Waals surface area contributed by atoms with Crippen molar-refractivity contribution in [3.63, 3.8) is 0 Å². The topological polar surface area (TPSA) is 6.48 Å². The summed E-state index contributed by atoms with van der Waals surface area (Å²) in [7, 11) is -1.60. The molecular formula is C65H50N2Si. The van der Waals surface area contributed by atoms with E-state index >= 15 is 0 Å². The molecule has 0 heterocycles. The standard InChI is InChI=1S/C65H50N2Si/c1-43-19-17-24-48(37-43)66(46-20-7-5-8-21-46)50-34-33-44-39-59-62(40-45(44)38-50)65(60-31-15-13-28-54(60)55-29-14-16-32-61(55)65)64-57-36-35-51(42-58(57)53-27-11-12-30-56(53)63(59)64)67(47-22-9-6-10-23-47)49-25-18-26-52(41-49)68(2,3)4/h5-42H,1-4H3. The van der Waals surface area contributed by atoms with Crippen molar-refractivity contribution in [2.45, 2.75) is 32.0 Å². The van der Waals surface area contributed by atoms with Crippen LogP contribution in [0.15, 0.2) is 231 Å². The minimum atomic E-state index is -1.60. The average Bonchev–Trinajstić information content (AvgIpc) is 3.83. The highest BCUT2D eigenvalue weighted by Crippen LogP contribution is 2.66. The number of benzene rings is 11. The molecule has 0 aliphatic heterocycles. The van der Waals surface area contributed by atoms with Crippen LogP contribution >= 0.6 is 0 Å². The molecule has 13 rings (SSSR count). The zero-order valence-electron chi connectivity index (χ0n) is 38.8. The van der Waals surface area contributed by atoms with E-state index in [1.54, 1.807) is 0 Å². The number of fused-ring (bicyclic) bond motifs is 16. The molecule has 0 radical (unpaired) electrons. The third-order valence-corrected chi connectivity index (χ3v) is 16.8. The molecule has 68 heavy (non-hydrogen) atoms. The van der Waals surface area contributed by atoms with Gasteiger partial charge in [0.05, 0.1) is 13.5 Å². The summed E-state index contributed by atoms with van der Waals surface area (Å²) in [6.45, 7) is 9.47. The zero-order valence-corrected chi connectivity index (χ0v) is 39.8. The van der Waals surface area contributed by atoms with Crippen LogP contribution in [0, 0.1) is 6.92 Å². The summed E-state index contributed by atoms with van der Waals surface area (Å²) < 4.78 is 0. The first-order valence-electron chi connectivity index (χ1n) is 23.9. The molecule has 0 amide bonds. The highest BCUT2D eigenvalue weighted by atomic mass is 28.3. The number of anilines is 6. The van der Waals surface area contributed by atoms with Crippen LogP contribution in [-0.2, 0) is 5.41 Å². The summed E-state index contributed by atoms with van der Waals surface area (Å²) in [5.41, 5.74) is 18.2. The van der Waals surface area contributed by atoms with E-state index < -0.39 is 13.5 Å². The first kappa shape index (κ1) is 40.3. The third-order valence-electron chi connectivity index (χ3n) is 14.7. The summed E-state index contributed by atoms with van der Waals surface area (Å²) >= 11 is 0. The quantitative estimate of drug-likeness (QED) is 0.116. The molecule has 2 nitrogen and oxygen atoms in total. The van der Waals surface area contributed by atoms with Gasteiger partial charge in [0.25, 0.3) is 0 Å². The Kier molecular flexibility index (Phi) is 9.06. The summed E-state index contributed by atoms with van der Waals surface area (Å²) in [5.74, 6) is 0. The lowest BCUT2D eigenvalue weighted by atomic mass is 9.69. The van der Waals surface area contributed by atoms with Crippen molar-refractivity contribution >= 4 is 79.7 Å². The Bertz CT molecular complexity index is 3760. The number of nitrogens with zero attached hydrogens (tertiary/aromatic N) is 2. The van der Waals surface area contributed by atoms with E-state index in [2.05, 4.69) is 267 Å². The Morgan fingerprint density at radius 3 is 1.54 bits per heavy atom. The first-order valence-corrected chi connectivity index (χ1v) is 27.4. The molecule has 0 atom stereocenters. The van der Waals surface area contributed by atoms with E-state index in [-0.39, 0.29) is 0 Å². The van der Waals surface area contributed by atoms with E-state index in [1.165, 1.54) is 93.3 Å². The fourth-order valence-electron chi connectivity index (χ4n) is 11.8. The van der Waals surface area contributed by atoms with Gasteiger partial charge in [-0.2, -0.15) is 0 Å². The van der Waals surface area contributed by atoms with Gasteiger partial charge in [-0.3, -0.25) is 0 Å².